The third kappa shape index (κ3) is 17.3. The van der Waals surface area contributed by atoms with E-state index in [-0.39, 0.29) is 35.9 Å². The van der Waals surface area contributed by atoms with Crippen LogP contribution < -0.4 is 43.3 Å². The number of phosphoric acid groups is 2. The molecule has 4 unspecified atom stereocenters. The number of aliphatic hydroxyl groups is 4. The highest BCUT2D eigenvalue weighted by molar-refractivity contribution is 8.77. The number of aliphatic imine (C=N–C) groups is 2. The van der Waals surface area contributed by atoms with Gasteiger partial charge in [-0.3, -0.25) is 37.3 Å². The zero-order chi connectivity index (χ0) is 70.4. The lowest BCUT2D eigenvalue weighted by Crippen LogP contribution is -2.51. The Kier molecular flexibility index (Phi) is 23.4. The molecule has 18 atom stereocenters. The standard InChI is InChI=1S/C57H86N10O23P2S2Si2/c1-28-22-66(54(75)62-47(28)72)39-18-33(70)37(83-39)26-81-91(77,78)87-43-35(24-68)85-41(45(43)89-95(9,10)56(3,4)5)31-20-59-52(58)64-50(31)93-94-51-32(21-60-53(65-51)61-49(74)30-16-14-13-15-17-30)42-46(90-96(11,12)57(6,7)8)44(36(25-69)86-42)88-92(79,80)82-27-38-34(71)19-40(84-38)67-23-29(2)48(73)63-55(67)76/h13-17,20-23,33-46,50-51,68-71H,18-19,24-27H2,1-12H3,(H,77,78)(H,79,80)(H3,58,59,64)(H,62,72,75)(H,63,73,76)(H2,60,61,65,74)/p-2/t33-,34-,35+,36+,37+,38+,39+,40+,41-,42-,43+,44+,45-,46-,50?,51?/m0/s1. The number of guanidine groups is 2. The largest absolute Gasteiger partial charge is 0.858 e. The minimum Gasteiger partial charge on any atom is -0.858 e. The number of benzene rings is 1. The van der Waals surface area contributed by atoms with Gasteiger partial charge < -0.3 is 84.6 Å². The maximum absolute atomic E-state index is 14.2. The number of ether oxygens (including phenoxy) is 4. The number of hydrogen-bond donors (Lipinski definition) is 10. The number of aryl methyl sites for hydroxylation is 2. The summed E-state index contributed by atoms with van der Waals surface area (Å²) < 4.78 is 92.4. The van der Waals surface area contributed by atoms with E-state index in [4.69, 9.17) is 61.6 Å². The van der Waals surface area contributed by atoms with Gasteiger partial charge in [0.05, 0.1) is 38.6 Å². The second-order valence-corrected chi connectivity index (χ2v) is 41.7. The summed E-state index contributed by atoms with van der Waals surface area (Å²) >= 11 is 0. The lowest BCUT2D eigenvalue weighted by molar-refractivity contribution is -0.277. The maximum Gasteiger partial charge on any atom is 0.472 e. The van der Waals surface area contributed by atoms with Crippen molar-refractivity contribution in [3.63, 3.8) is 0 Å². The van der Waals surface area contributed by atoms with Crippen LogP contribution >= 0.6 is 37.2 Å². The molecule has 532 valence electrons. The van der Waals surface area contributed by atoms with E-state index in [2.05, 4.69) is 25.9 Å². The number of carbonyl (C=O) groups is 1. The van der Waals surface area contributed by atoms with Gasteiger partial charge in [-0.25, -0.2) is 38.7 Å². The Morgan fingerprint density at radius 2 is 1.10 bits per heavy atom. The molecule has 3 aromatic rings. The Morgan fingerprint density at radius 1 is 0.688 bits per heavy atom. The highest BCUT2D eigenvalue weighted by Crippen LogP contribution is 2.54. The smallest absolute Gasteiger partial charge is 0.472 e. The molecular formula is C57H84N10O23P2S2Si2-2. The van der Waals surface area contributed by atoms with Crippen molar-refractivity contribution in [3.8, 4) is 11.8 Å². The van der Waals surface area contributed by atoms with E-state index >= 15 is 0 Å². The van der Waals surface area contributed by atoms with Crippen LogP contribution in [0.3, 0.4) is 0 Å². The first kappa shape index (κ1) is 75.4. The number of hydrogen-bond acceptors (Lipinski definition) is 30. The van der Waals surface area contributed by atoms with Gasteiger partial charge in [0.25, 0.3) is 5.91 Å². The zero-order valence-electron chi connectivity index (χ0n) is 54.8. The topological polar surface area (TPSA) is 468 Å². The molecule has 33 nitrogen and oxygen atoms in total. The van der Waals surface area contributed by atoms with Gasteiger partial charge in [-0.15, -0.1) is 0 Å². The molecule has 1 amide bonds. The second-order valence-electron chi connectivity index (χ2n) is 26.9. The van der Waals surface area contributed by atoms with Crippen LogP contribution in [-0.2, 0) is 55.0 Å². The van der Waals surface area contributed by atoms with E-state index < -0.39 is 194 Å². The molecule has 1 aromatic carbocycles. The number of aromatic nitrogens is 4. The van der Waals surface area contributed by atoms with Gasteiger partial charge in [0.2, 0.25) is 5.96 Å². The maximum atomic E-state index is 14.2. The Balaban J connectivity index is 0.991. The Labute approximate surface area is 563 Å². The van der Waals surface area contributed by atoms with Crippen LogP contribution in [0, 0.1) is 13.8 Å². The molecule has 96 heavy (non-hydrogen) atoms. The molecule has 4 saturated heterocycles. The number of carbonyl (C=O) groups excluding carboxylic acids is 1. The summed E-state index contributed by atoms with van der Waals surface area (Å²) in [6.45, 7) is 19.4. The number of nitrogens with zero attached hydrogens (tertiary/aromatic N) is 6. The predicted octanol–water partition coefficient (Wildman–Crippen LogP) is 1.97. The minimum atomic E-state index is -5.24. The van der Waals surface area contributed by atoms with Crippen LogP contribution in [0.1, 0.15) is 88.3 Å². The number of aliphatic hydroxyl groups excluding tert-OH is 4. The molecule has 11 N–H and O–H groups in total. The SMILES string of the molecule is Cc1cn([C@H]2C[C@H](O)[C@@H](COP(=O)(O)O[C@H]3[C@@H](O[Si](C)(C)C(C)(C)C)[C@H](C4=CNC(N)=NC4SSC4N=C(NC(=O)c5ccccc5)NC=C4[C@@H]4O[C@H](CO)[C@@H](OP(=O)(O)OC[C@H]5O[C@@H](n6cc(C)c([O-])nc6=O)C[C@@H]5O)[C@H]4O[Si](C)(C)C(C)(C)C)O[C@@H]3CO)O2)c(=O)nc1[O-]. The zero-order valence-corrected chi connectivity index (χ0v) is 60.2. The Morgan fingerprint density at radius 3 is 1.52 bits per heavy atom. The molecule has 0 spiro atoms. The van der Waals surface area contributed by atoms with E-state index in [1.165, 1.54) is 38.6 Å². The summed E-state index contributed by atoms with van der Waals surface area (Å²) in [6.07, 6.45) is -13.1. The first-order chi connectivity index (χ1) is 44.8. The molecule has 6 aliphatic heterocycles. The molecule has 9 rings (SSSR count). The van der Waals surface area contributed by atoms with Gasteiger partial charge in [0.1, 0.15) is 84.2 Å². The fraction of sp³-hybridized carbons (Fsp3) is 0.632. The summed E-state index contributed by atoms with van der Waals surface area (Å²) in [5, 5.41) is 73.7. The quantitative estimate of drug-likeness (QED) is 0.0348. The van der Waals surface area contributed by atoms with Crippen molar-refractivity contribution >= 4 is 71.7 Å². The van der Waals surface area contributed by atoms with Crippen molar-refractivity contribution in [2.24, 2.45) is 15.7 Å². The normalized spacial score (nSPS) is 30.9. The van der Waals surface area contributed by atoms with E-state index in [1.807, 2.05) is 67.7 Å². The van der Waals surface area contributed by atoms with Crippen LogP contribution in [0.15, 0.2) is 85.8 Å². The van der Waals surface area contributed by atoms with Crippen LogP contribution in [0.2, 0.25) is 36.3 Å². The molecule has 0 saturated carbocycles. The van der Waals surface area contributed by atoms with Crippen LogP contribution in [0.4, 0.5) is 0 Å². The molecule has 0 aliphatic carbocycles. The van der Waals surface area contributed by atoms with Gasteiger partial charge in [-0.05, 0) is 85.1 Å². The molecule has 0 bridgehead atoms. The van der Waals surface area contributed by atoms with Gasteiger partial charge in [0, 0.05) is 54.3 Å². The number of amides is 1. The Bertz CT molecular complexity index is 3680. The third-order valence-corrected chi connectivity index (χ3v) is 31.5. The summed E-state index contributed by atoms with van der Waals surface area (Å²) in [4.78, 5) is 78.7. The molecule has 0 radical (unpaired) electrons. The molecular weight excluding hydrogens is 1370 g/mol. The molecule has 8 heterocycles. The van der Waals surface area contributed by atoms with Gasteiger partial charge in [0.15, 0.2) is 22.6 Å². The summed E-state index contributed by atoms with van der Waals surface area (Å²) in [7, 11) is -14.2. The first-order valence-corrected chi connectivity index (χ1v) is 41.8. The lowest BCUT2D eigenvalue weighted by atomic mass is 10.0. The average molecular weight is 1460 g/mol. The van der Waals surface area contributed by atoms with Crippen LogP contribution in [0.5, 0.6) is 11.8 Å². The van der Waals surface area contributed by atoms with Gasteiger partial charge >= 0.3 is 27.0 Å². The van der Waals surface area contributed by atoms with Crippen molar-refractivity contribution in [1.29, 1.82) is 0 Å². The fourth-order valence-corrected chi connectivity index (χ4v) is 17.8. The number of nitrogens with two attached hydrogens (primary N) is 1. The Hall–Kier alpha value is -4.78. The van der Waals surface area contributed by atoms with Crippen molar-refractivity contribution in [3.05, 3.63) is 104 Å². The molecule has 2 aromatic heterocycles. The van der Waals surface area contributed by atoms with Crippen molar-refractivity contribution < 1.29 is 100 Å². The molecule has 39 heteroatoms. The van der Waals surface area contributed by atoms with E-state index in [1.54, 1.807) is 30.3 Å². The van der Waals surface area contributed by atoms with Crippen LogP contribution in [0.25, 0.3) is 0 Å². The van der Waals surface area contributed by atoms with Gasteiger partial charge in [-0.2, -0.15) is 0 Å². The van der Waals surface area contributed by atoms with Crippen molar-refractivity contribution in [2.75, 3.05) is 26.4 Å². The van der Waals surface area contributed by atoms with Crippen molar-refractivity contribution in [2.45, 2.75) is 201 Å². The fourth-order valence-electron chi connectivity index (χ4n) is 10.6. The monoisotopic (exact) mass is 1460 g/mol. The third-order valence-electron chi connectivity index (χ3n) is 18.0. The van der Waals surface area contributed by atoms with E-state index in [0.717, 1.165) is 30.7 Å². The molecule has 4 fully saturated rings. The number of rotatable bonds is 24. The highest BCUT2D eigenvalue weighted by atomic mass is 33.1. The van der Waals surface area contributed by atoms with Gasteiger partial charge in [-0.1, -0.05) is 81.3 Å². The predicted molar refractivity (Wildman–Crippen MR) is 350 cm³/mol. The summed E-state index contributed by atoms with van der Waals surface area (Å²) in [5.41, 5.74) is 5.78. The van der Waals surface area contributed by atoms with Crippen LogP contribution in [-0.4, -0.2) is 194 Å². The van der Waals surface area contributed by atoms with E-state index in [0.29, 0.717) is 16.7 Å². The first-order valence-electron chi connectivity index (χ1n) is 30.7. The number of nitrogens with one attached hydrogen (secondary N) is 3. The summed E-state index contributed by atoms with van der Waals surface area (Å²) in [6, 6.07) is 8.32. The van der Waals surface area contributed by atoms with Crippen molar-refractivity contribution in [1.82, 2.24) is 35.1 Å². The lowest BCUT2D eigenvalue weighted by Gasteiger charge is -2.41. The molecule has 6 aliphatic rings. The summed E-state index contributed by atoms with van der Waals surface area (Å²) in [5.74, 6) is -2.07. The highest BCUT2D eigenvalue weighted by Gasteiger charge is 2.58. The number of phosphoric ester groups is 2. The van der Waals surface area contributed by atoms with E-state index in [9.17, 15) is 63.9 Å². The second kappa shape index (κ2) is 29.8. The average Bonchev–Trinajstić information content (AvgIpc) is 1.59. The minimum absolute atomic E-state index is 0.0260.